The van der Waals surface area contributed by atoms with Crippen molar-refractivity contribution in [1.29, 1.82) is 0 Å². The van der Waals surface area contributed by atoms with E-state index in [9.17, 15) is 18.0 Å². The number of fused-ring (bicyclic) bond motifs is 4. The van der Waals surface area contributed by atoms with Gasteiger partial charge in [0, 0.05) is 36.6 Å². The summed E-state index contributed by atoms with van der Waals surface area (Å²) in [6.45, 7) is 5.62. The first-order chi connectivity index (χ1) is 19.1. The fourth-order valence-corrected chi connectivity index (χ4v) is 5.12. The lowest BCUT2D eigenvalue weighted by Crippen LogP contribution is -2.48. The van der Waals surface area contributed by atoms with Crippen LogP contribution in [0.3, 0.4) is 0 Å². The number of amides is 2. The van der Waals surface area contributed by atoms with Gasteiger partial charge < -0.3 is 24.4 Å². The summed E-state index contributed by atoms with van der Waals surface area (Å²) in [6.07, 6.45) is -0.934. The van der Waals surface area contributed by atoms with Crippen molar-refractivity contribution in [2.45, 2.75) is 44.4 Å². The normalized spacial score (nSPS) is 21.3. The maximum absolute atomic E-state index is 13.6. The number of pyridine rings is 1. The number of hydrogen-bond donors (Lipinski definition) is 1. The summed E-state index contributed by atoms with van der Waals surface area (Å²) in [5.41, 5.74) is 0.533. The summed E-state index contributed by atoms with van der Waals surface area (Å²) in [5, 5.41) is 2.89. The van der Waals surface area contributed by atoms with Gasteiger partial charge in [-0.3, -0.25) is 4.90 Å². The second-order valence-corrected chi connectivity index (χ2v) is 10.3. The number of benzene rings is 1. The number of carbonyl (C=O) groups excluding carboxylic acids is 1. The van der Waals surface area contributed by atoms with E-state index >= 15 is 0 Å². The molecule has 0 aliphatic carbocycles. The van der Waals surface area contributed by atoms with Crippen molar-refractivity contribution in [3.8, 4) is 17.3 Å². The largest absolute Gasteiger partial charge is 0.475 e. The molecule has 1 unspecified atom stereocenters. The van der Waals surface area contributed by atoms with Gasteiger partial charge in [-0.1, -0.05) is 12.1 Å². The van der Waals surface area contributed by atoms with Crippen LogP contribution in [0.5, 0.6) is 5.88 Å². The monoisotopic (exact) mass is 556 g/mol. The zero-order valence-electron chi connectivity index (χ0n) is 21.8. The Kier molecular flexibility index (Phi) is 6.50. The zero-order chi connectivity index (χ0) is 28.1. The molecule has 5 heterocycles. The van der Waals surface area contributed by atoms with Crippen LogP contribution in [-0.2, 0) is 15.7 Å². The highest BCUT2D eigenvalue weighted by Crippen LogP contribution is 2.40. The van der Waals surface area contributed by atoms with Crippen LogP contribution >= 0.6 is 0 Å². The van der Waals surface area contributed by atoms with Gasteiger partial charge in [0.1, 0.15) is 12.7 Å². The van der Waals surface area contributed by atoms with Crippen LogP contribution in [0, 0.1) is 0 Å². The second kappa shape index (κ2) is 9.89. The molecule has 3 aliphatic rings. The number of ether oxygens (including phenoxy) is 3. The predicted molar refractivity (Wildman–Crippen MR) is 139 cm³/mol. The Labute approximate surface area is 228 Å². The van der Waals surface area contributed by atoms with Gasteiger partial charge in [-0.05, 0) is 38.5 Å². The summed E-state index contributed by atoms with van der Waals surface area (Å²) >= 11 is 0. The molecule has 1 N–H and O–H groups in total. The average molecular weight is 557 g/mol. The topological polar surface area (TPSA) is 102 Å². The van der Waals surface area contributed by atoms with Gasteiger partial charge in [0.15, 0.2) is 17.4 Å². The van der Waals surface area contributed by atoms with Crippen LogP contribution < -0.4 is 19.9 Å². The minimum absolute atomic E-state index is 0.103. The molecule has 210 valence electrons. The van der Waals surface area contributed by atoms with Crippen molar-refractivity contribution in [2.24, 2.45) is 0 Å². The van der Waals surface area contributed by atoms with Crippen molar-refractivity contribution in [3.05, 3.63) is 54.4 Å². The molecule has 40 heavy (non-hydrogen) atoms. The van der Waals surface area contributed by atoms with E-state index in [4.69, 9.17) is 14.2 Å². The second-order valence-electron chi connectivity index (χ2n) is 10.3. The van der Waals surface area contributed by atoms with E-state index < -0.39 is 23.6 Å². The Morgan fingerprint density at radius 2 is 2.08 bits per heavy atom. The summed E-state index contributed by atoms with van der Waals surface area (Å²) in [4.78, 5) is 30.3. The molecule has 2 bridgehead atoms. The number of rotatable bonds is 5. The van der Waals surface area contributed by atoms with E-state index in [0.29, 0.717) is 49.2 Å². The van der Waals surface area contributed by atoms with Crippen molar-refractivity contribution >= 4 is 23.2 Å². The van der Waals surface area contributed by atoms with E-state index in [-0.39, 0.29) is 30.1 Å². The van der Waals surface area contributed by atoms with Crippen LogP contribution in [0.1, 0.15) is 25.8 Å². The maximum Gasteiger partial charge on any atom is 0.416 e. The number of nitrogens with one attached hydrogen (secondary N) is 1. The van der Waals surface area contributed by atoms with Crippen molar-refractivity contribution in [1.82, 2.24) is 15.0 Å². The lowest BCUT2D eigenvalue weighted by Gasteiger charge is -2.35. The number of nitrogens with zero attached hydrogens (tertiary/aromatic N) is 5. The van der Waals surface area contributed by atoms with Crippen LogP contribution in [0.25, 0.3) is 11.4 Å². The summed E-state index contributed by atoms with van der Waals surface area (Å²) < 4.78 is 56.9. The lowest BCUT2D eigenvalue weighted by atomic mass is 10.1. The van der Waals surface area contributed by atoms with E-state index in [2.05, 4.69) is 25.2 Å². The zero-order valence-corrected chi connectivity index (χ0v) is 21.8. The van der Waals surface area contributed by atoms with Crippen LogP contribution in [0.2, 0.25) is 0 Å². The van der Waals surface area contributed by atoms with E-state index in [0.717, 1.165) is 12.1 Å². The quantitative estimate of drug-likeness (QED) is 0.482. The molecular weight excluding hydrogens is 529 g/mol. The van der Waals surface area contributed by atoms with Gasteiger partial charge >= 0.3 is 12.2 Å². The van der Waals surface area contributed by atoms with E-state index in [1.165, 1.54) is 18.3 Å². The van der Waals surface area contributed by atoms with E-state index in [1.54, 1.807) is 23.2 Å². The number of aromatic nitrogens is 3. The summed E-state index contributed by atoms with van der Waals surface area (Å²) in [5.74, 6) is 0.0973. The molecule has 3 aliphatic heterocycles. The number of urea groups is 1. The summed E-state index contributed by atoms with van der Waals surface area (Å²) in [6, 6.07) is 7.50. The van der Waals surface area contributed by atoms with E-state index in [1.807, 2.05) is 13.8 Å². The number of carbonyl (C=O) groups is 1. The smallest absolute Gasteiger partial charge is 0.416 e. The molecule has 2 saturated heterocycles. The maximum atomic E-state index is 13.6. The molecule has 2 aromatic heterocycles. The van der Waals surface area contributed by atoms with Crippen molar-refractivity contribution in [2.75, 3.05) is 41.4 Å². The Balaban J connectivity index is 1.22. The minimum Gasteiger partial charge on any atom is -0.475 e. The minimum atomic E-state index is -4.50. The fourth-order valence-electron chi connectivity index (χ4n) is 5.12. The van der Waals surface area contributed by atoms with Crippen LogP contribution in [0.4, 0.5) is 35.2 Å². The van der Waals surface area contributed by atoms with Gasteiger partial charge in [-0.15, -0.1) is 0 Å². The van der Waals surface area contributed by atoms with Gasteiger partial charge in [0.2, 0.25) is 5.88 Å². The Hall–Kier alpha value is -3.97. The number of hydrogen-bond acceptors (Lipinski definition) is 8. The fraction of sp³-hybridized carbons (Fsp3) is 0.407. The first-order valence-electron chi connectivity index (χ1n) is 12.9. The molecule has 0 saturated carbocycles. The standard InChI is InChI=1S/C27H27F3N6O4/c1-26(2)39-15-20(40-26)14-38-22-11-18(6-8-31-22)33-25(37)36-19-7-9-35(13-19)21-12-32-23(34-24(21)36)16-4-3-5-17(10-16)27(28,29)30/h3-6,8,10-12,19-20H,7,9,13-15H2,1-2H3,(H,31,33,37)/t19?,20-/m0/s1. The number of anilines is 3. The average Bonchev–Trinajstić information content (AvgIpc) is 3.50. The van der Waals surface area contributed by atoms with Gasteiger partial charge in [0.25, 0.3) is 0 Å². The number of alkyl halides is 3. The molecule has 13 heteroatoms. The predicted octanol–water partition coefficient (Wildman–Crippen LogP) is 4.72. The SMILES string of the molecule is CC1(C)OC[C@H](COc2cc(NC(=O)N3c4nc(-c5cccc(C(F)(F)F)c5)ncc4N4CCC3C4)ccn2)O1. The third-order valence-electron chi connectivity index (χ3n) is 6.98. The molecule has 2 atom stereocenters. The molecule has 6 rings (SSSR count). The third-order valence-corrected chi connectivity index (χ3v) is 6.98. The first-order valence-corrected chi connectivity index (χ1v) is 12.9. The molecule has 2 amide bonds. The lowest BCUT2D eigenvalue weighted by molar-refractivity contribution is -0.141. The Morgan fingerprint density at radius 1 is 1.23 bits per heavy atom. The van der Waals surface area contributed by atoms with Crippen LogP contribution in [0.15, 0.2) is 48.8 Å². The molecular formula is C27H27F3N6O4. The molecule has 0 radical (unpaired) electrons. The Bertz CT molecular complexity index is 1440. The van der Waals surface area contributed by atoms with Crippen molar-refractivity contribution < 1.29 is 32.2 Å². The first kappa shape index (κ1) is 26.3. The van der Waals surface area contributed by atoms with Crippen molar-refractivity contribution in [3.63, 3.8) is 0 Å². The molecule has 2 fully saturated rings. The molecule has 10 nitrogen and oxygen atoms in total. The summed E-state index contributed by atoms with van der Waals surface area (Å²) in [7, 11) is 0. The van der Waals surface area contributed by atoms with Gasteiger partial charge in [0.05, 0.1) is 30.1 Å². The molecule has 3 aromatic rings. The molecule has 1 aromatic carbocycles. The van der Waals surface area contributed by atoms with Gasteiger partial charge in [-0.2, -0.15) is 13.2 Å². The van der Waals surface area contributed by atoms with Crippen LogP contribution in [-0.4, -0.2) is 65.2 Å². The highest BCUT2D eigenvalue weighted by molar-refractivity contribution is 6.04. The third kappa shape index (κ3) is 5.26. The molecule has 0 spiro atoms. The highest BCUT2D eigenvalue weighted by atomic mass is 19.4. The highest BCUT2D eigenvalue weighted by Gasteiger charge is 2.41. The Morgan fingerprint density at radius 3 is 2.85 bits per heavy atom. The van der Waals surface area contributed by atoms with Gasteiger partial charge in [-0.25, -0.2) is 19.7 Å². The number of halogens is 3.